The van der Waals surface area contributed by atoms with E-state index in [1.165, 1.54) is 25.1 Å². The standard InChI is InChI=1S/C13H15NO4/c1-3-4-5-6-18-13-8-11(10(2)15)7-12(9-13)14(16)17/h4-5,7-9H,3,6H2,1-2H3/b5-4+. The van der Waals surface area contributed by atoms with E-state index in [-0.39, 0.29) is 17.0 Å². The van der Waals surface area contributed by atoms with Crippen LogP contribution in [-0.4, -0.2) is 17.3 Å². The molecule has 0 unspecified atom stereocenters. The Balaban J connectivity index is 2.93. The Kier molecular flexibility index (Phi) is 5.05. The third-order valence-electron chi connectivity index (χ3n) is 2.26. The van der Waals surface area contributed by atoms with E-state index in [9.17, 15) is 14.9 Å². The minimum Gasteiger partial charge on any atom is -0.489 e. The summed E-state index contributed by atoms with van der Waals surface area (Å²) in [6.45, 7) is 3.68. The molecule has 1 aromatic carbocycles. The number of non-ortho nitro benzene ring substituents is 1. The highest BCUT2D eigenvalue weighted by Crippen LogP contribution is 2.23. The second-order valence-corrected chi connectivity index (χ2v) is 3.72. The van der Waals surface area contributed by atoms with Gasteiger partial charge < -0.3 is 4.74 Å². The number of hydrogen-bond donors (Lipinski definition) is 0. The highest BCUT2D eigenvalue weighted by Gasteiger charge is 2.12. The SMILES string of the molecule is CC/C=C/COc1cc(C(C)=O)cc([N+](=O)[O-])c1. The minimum absolute atomic E-state index is 0.142. The number of nitro benzene ring substituents is 1. The van der Waals surface area contributed by atoms with Gasteiger partial charge in [-0.15, -0.1) is 0 Å². The number of ether oxygens (including phenoxy) is 1. The van der Waals surface area contributed by atoms with Gasteiger partial charge in [0.05, 0.1) is 11.0 Å². The molecule has 96 valence electrons. The van der Waals surface area contributed by atoms with Crippen molar-refractivity contribution in [1.82, 2.24) is 0 Å². The molecule has 18 heavy (non-hydrogen) atoms. The molecule has 1 aromatic rings. The number of nitrogens with zero attached hydrogens (tertiary/aromatic N) is 1. The van der Waals surface area contributed by atoms with Crippen molar-refractivity contribution in [3.8, 4) is 5.75 Å². The highest BCUT2D eigenvalue weighted by molar-refractivity contribution is 5.95. The van der Waals surface area contributed by atoms with Gasteiger partial charge in [0.2, 0.25) is 0 Å². The molecule has 0 radical (unpaired) electrons. The molecule has 5 nitrogen and oxygen atoms in total. The molecule has 5 heteroatoms. The van der Waals surface area contributed by atoms with E-state index in [0.717, 1.165) is 6.42 Å². The van der Waals surface area contributed by atoms with Crippen LogP contribution in [-0.2, 0) is 0 Å². The number of Topliss-reactive ketones (excluding diaryl/α,β-unsaturated/α-hetero) is 1. The van der Waals surface area contributed by atoms with E-state index in [2.05, 4.69) is 0 Å². The second-order valence-electron chi connectivity index (χ2n) is 3.72. The first-order valence-corrected chi connectivity index (χ1v) is 5.62. The first kappa shape index (κ1) is 13.9. The quantitative estimate of drug-likeness (QED) is 0.336. The molecule has 0 aliphatic heterocycles. The van der Waals surface area contributed by atoms with Crippen LogP contribution in [0.25, 0.3) is 0 Å². The minimum atomic E-state index is -0.540. The summed E-state index contributed by atoms with van der Waals surface area (Å²) < 4.78 is 5.35. The van der Waals surface area contributed by atoms with Gasteiger partial charge in [-0.1, -0.05) is 19.1 Å². The van der Waals surface area contributed by atoms with Gasteiger partial charge in [-0.05, 0) is 19.4 Å². The van der Waals surface area contributed by atoms with Crippen LogP contribution >= 0.6 is 0 Å². The Morgan fingerprint density at radius 3 is 2.67 bits per heavy atom. The molecule has 0 aliphatic carbocycles. The van der Waals surface area contributed by atoms with Crippen molar-refractivity contribution in [3.05, 3.63) is 46.0 Å². The lowest BCUT2D eigenvalue weighted by atomic mass is 10.1. The average Bonchev–Trinajstić information content (AvgIpc) is 2.34. The molecule has 0 bridgehead atoms. The van der Waals surface area contributed by atoms with Crippen molar-refractivity contribution >= 4 is 11.5 Å². The van der Waals surface area contributed by atoms with Crippen LogP contribution in [0.1, 0.15) is 30.6 Å². The maximum absolute atomic E-state index is 11.3. The lowest BCUT2D eigenvalue weighted by Gasteiger charge is -2.05. The summed E-state index contributed by atoms with van der Waals surface area (Å²) >= 11 is 0. The monoisotopic (exact) mass is 249 g/mol. The first-order chi connectivity index (χ1) is 8.54. The van der Waals surface area contributed by atoms with Gasteiger partial charge in [0.15, 0.2) is 5.78 Å². The Hall–Kier alpha value is -2.17. The zero-order valence-corrected chi connectivity index (χ0v) is 10.4. The number of carbonyl (C=O) groups excluding carboxylic acids is 1. The molecule has 0 fully saturated rings. The van der Waals surface area contributed by atoms with Crippen LogP contribution in [0.3, 0.4) is 0 Å². The topological polar surface area (TPSA) is 69.4 Å². The number of benzene rings is 1. The normalized spacial score (nSPS) is 10.6. The van der Waals surface area contributed by atoms with Crippen molar-refractivity contribution in [3.63, 3.8) is 0 Å². The van der Waals surface area contributed by atoms with Gasteiger partial charge in [0, 0.05) is 11.6 Å². The van der Waals surface area contributed by atoms with E-state index in [1.807, 2.05) is 19.1 Å². The lowest BCUT2D eigenvalue weighted by molar-refractivity contribution is -0.385. The third-order valence-corrected chi connectivity index (χ3v) is 2.26. The Morgan fingerprint density at radius 1 is 1.39 bits per heavy atom. The molecule has 0 N–H and O–H groups in total. The predicted octanol–water partition coefficient (Wildman–Crippen LogP) is 3.14. The highest BCUT2D eigenvalue weighted by atomic mass is 16.6. The molecular formula is C13H15NO4. The fourth-order valence-electron chi connectivity index (χ4n) is 1.35. The van der Waals surface area contributed by atoms with Gasteiger partial charge in [-0.2, -0.15) is 0 Å². The summed E-state index contributed by atoms with van der Waals surface area (Å²) in [4.78, 5) is 21.4. The molecule has 0 saturated carbocycles. The van der Waals surface area contributed by atoms with Crippen molar-refractivity contribution in [1.29, 1.82) is 0 Å². The van der Waals surface area contributed by atoms with Crippen molar-refractivity contribution < 1.29 is 14.5 Å². The summed E-state index contributed by atoms with van der Waals surface area (Å²) in [5, 5.41) is 10.7. The number of rotatable bonds is 6. The molecule has 0 heterocycles. The summed E-state index contributed by atoms with van der Waals surface area (Å²) in [5.41, 5.74) is 0.135. The van der Waals surface area contributed by atoms with E-state index < -0.39 is 4.92 Å². The van der Waals surface area contributed by atoms with Crippen LogP contribution in [0.15, 0.2) is 30.4 Å². The van der Waals surface area contributed by atoms with Crippen molar-refractivity contribution in [2.24, 2.45) is 0 Å². The molecule has 0 atom stereocenters. The van der Waals surface area contributed by atoms with Gasteiger partial charge in [0.1, 0.15) is 12.4 Å². The van der Waals surface area contributed by atoms with Gasteiger partial charge in [-0.3, -0.25) is 14.9 Å². The zero-order valence-electron chi connectivity index (χ0n) is 10.4. The van der Waals surface area contributed by atoms with Crippen LogP contribution in [0.5, 0.6) is 5.75 Å². The van der Waals surface area contributed by atoms with Crippen molar-refractivity contribution in [2.45, 2.75) is 20.3 Å². The van der Waals surface area contributed by atoms with E-state index in [1.54, 1.807) is 0 Å². The van der Waals surface area contributed by atoms with Crippen LogP contribution in [0.2, 0.25) is 0 Å². The number of hydrogen-bond acceptors (Lipinski definition) is 4. The number of nitro groups is 1. The van der Waals surface area contributed by atoms with Gasteiger partial charge >= 0.3 is 0 Å². The lowest BCUT2D eigenvalue weighted by Crippen LogP contribution is -1.99. The second kappa shape index (κ2) is 6.54. The predicted molar refractivity (Wildman–Crippen MR) is 68.0 cm³/mol. The average molecular weight is 249 g/mol. The van der Waals surface area contributed by atoms with Gasteiger partial charge in [0.25, 0.3) is 5.69 Å². The number of allylic oxidation sites excluding steroid dienone is 1. The maximum atomic E-state index is 11.3. The first-order valence-electron chi connectivity index (χ1n) is 5.62. The number of carbonyl (C=O) groups is 1. The molecule has 0 amide bonds. The van der Waals surface area contributed by atoms with Crippen LogP contribution in [0, 0.1) is 10.1 Å². The number of ketones is 1. The largest absolute Gasteiger partial charge is 0.489 e. The molecule has 0 saturated heterocycles. The van der Waals surface area contributed by atoms with Crippen molar-refractivity contribution in [2.75, 3.05) is 6.61 Å². The Morgan fingerprint density at radius 2 is 2.11 bits per heavy atom. The summed E-state index contributed by atoms with van der Waals surface area (Å²) in [7, 11) is 0. The third kappa shape index (κ3) is 4.01. The molecule has 0 spiro atoms. The van der Waals surface area contributed by atoms with Crippen LogP contribution in [0.4, 0.5) is 5.69 Å². The molecule has 1 rings (SSSR count). The fraction of sp³-hybridized carbons (Fsp3) is 0.308. The molecule has 0 aromatic heterocycles. The maximum Gasteiger partial charge on any atom is 0.273 e. The Bertz CT molecular complexity index is 448. The van der Waals surface area contributed by atoms with E-state index in [0.29, 0.717) is 12.4 Å². The van der Waals surface area contributed by atoms with E-state index >= 15 is 0 Å². The summed E-state index contributed by atoms with van der Waals surface area (Å²) in [6, 6.07) is 4.07. The summed E-state index contributed by atoms with van der Waals surface area (Å²) in [5.74, 6) is 0.0998. The molecular weight excluding hydrogens is 234 g/mol. The van der Waals surface area contributed by atoms with Crippen LogP contribution < -0.4 is 4.74 Å². The Labute approximate surface area is 105 Å². The summed E-state index contributed by atoms with van der Waals surface area (Å²) in [6.07, 6.45) is 4.66. The van der Waals surface area contributed by atoms with E-state index in [4.69, 9.17) is 4.74 Å². The zero-order chi connectivity index (χ0) is 13.5. The smallest absolute Gasteiger partial charge is 0.273 e. The molecule has 0 aliphatic rings. The fourth-order valence-corrected chi connectivity index (χ4v) is 1.35. The van der Waals surface area contributed by atoms with Gasteiger partial charge in [-0.25, -0.2) is 0 Å².